The molecule has 0 saturated carbocycles. The summed E-state index contributed by atoms with van der Waals surface area (Å²) in [5, 5.41) is 6.54. The molecule has 0 aliphatic heterocycles. The van der Waals surface area contributed by atoms with E-state index in [1.807, 2.05) is 6.07 Å². The van der Waals surface area contributed by atoms with Crippen LogP contribution in [0.15, 0.2) is 25.1 Å². The zero-order chi connectivity index (χ0) is 13.1. The fourth-order valence-corrected chi connectivity index (χ4v) is 4.70. The molecule has 0 aliphatic rings. The molecule has 0 saturated heterocycles. The van der Waals surface area contributed by atoms with Crippen molar-refractivity contribution in [2.75, 3.05) is 6.54 Å². The lowest BCUT2D eigenvalue weighted by atomic mass is 10.1. The lowest BCUT2D eigenvalue weighted by molar-refractivity contribution is 0.607. The Hall–Kier alpha value is 0.610. The van der Waals surface area contributed by atoms with Gasteiger partial charge in [0.1, 0.15) is 0 Å². The summed E-state index contributed by atoms with van der Waals surface area (Å²) in [5.41, 5.74) is 1.28. The first kappa shape index (κ1) is 15.0. The van der Waals surface area contributed by atoms with Crippen molar-refractivity contribution in [3.8, 4) is 0 Å². The molecule has 18 heavy (non-hydrogen) atoms. The standard InChI is InChI=1S/C12H12Br2ClNS2/c1-2-3-16-11(7-4-10(13)17-6-7)9-5-8(15)12(14)18-9/h4-6,11,16H,2-3H2,1H3. The van der Waals surface area contributed by atoms with E-state index in [9.17, 15) is 0 Å². The first-order valence-corrected chi connectivity index (χ1v) is 9.20. The molecule has 2 heterocycles. The lowest BCUT2D eigenvalue weighted by Gasteiger charge is -2.15. The van der Waals surface area contributed by atoms with E-state index in [0.29, 0.717) is 0 Å². The molecular formula is C12H12Br2ClNS2. The van der Waals surface area contributed by atoms with Crippen LogP contribution in [0.5, 0.6) is 0 Å². The molecule has 0 radical (unpaired) electrons. The minimum absolute atomic E-state index is 0.223. The van der Waals surface area contributed by atoms with Gasteiger partial charge in [0.15, 0.2) is 0 Å². The van der Waals surface area contributed by atoms with Crippen LogP contribution in [0.3, 0.4) is 0 Å². The Kier molecular flexibility index (Phi) is 5.72. The van der Waals surface area contributed by atoms with Crippen LogP contribution in [0.1, 0.15) is 29.8 Å². The van der Waals surface area contributed by atoms with Crippen molar-refractivity contribution in [3.63, 3.8) is 0 Å². The molecule has 0 aliphatic carbocycles. The zero-order valence-electron chi connectivity index (χ0n) is 9.67. The average molecular weight is 430 g/mol. The van der Waals surface area contributed by atoms with Gasteiger partial charge in [-0.3, -0.25) is 0 Å². The van der Waals surface area contributed by atoms with Crippen LogP contribution >= 0.6 is 66.1 Å². The normalized spacial score (nSPS) is 12.9. The summed E-state index contributed by atoms with van der Waals surface area (Å²) >= 11 is 16.5. The summed E-state index contributed by atoms with van der Waals surface area (Å²) in [6.07, 6.45) is 1.11. The number of nitrogens with one attached hydrogen (secondary N) is 1. The fourth-order valence-electron chi connectivity index (χ4n) is 1.65. The third-order valence-corrected chi connectivity index (χ3v) is 6.53. The first-order valence-electron chi connectivity index (χ1n) is 5.54. The van der Waals surface area contributed by atoms with E-state index in [1.165, 1.54) is 10.4 Å². The second kappa shape index (κ2) is 6.86. The molecule has 1 N–H and O–H groups in total. The molecule has 2 aromatic rings. The number of rotatable bonds is 5. The van der Waals surface area contributed by atoms with Gasteiger partial charge in [-0.15, -0.1) is 22.7 Å². The maximum absolute atomic E-state index is 6.13. The van der Waals surface area contributed by atoms with E-state index in [1.54, 1.807) is 22.7 Å². The van der Waals surface area contributed by atoms with Crippen LogP contribution in [-0.4, -0.2) is 6.54 Å². The van der Waals surface area contributed by atoms with Gasteiger partial charge >= 0.3 is 0 Å². The maximum atomic E-state index is 6.13. The van der Waals surface area contributed by atoms with Gasteiger partial charge in [0.2, 0.25) is 0 Å². The van der Waals surface area contributed by atoms with Crippen molar-refractivity contribution in [3.05, 3.63) is 40.5 Å². The van der Waals surface area contributed by atoms with Crippen molar-refractivity contribution in [2.45, 2.75) is 19.4 Å². The molecule has 0 bridgehead atoms. The molecule has 2 aromatic heterocycles. The van der Waals surface area contributed by atoms with Crippen LogP contribution in [0, 0.1) is 0 Å². The molecule has 0 spiro atoms. The van der Waals surface area contributed by atoms with Gasteiger partial charge < -0.3 is 5.32 Å². The van der Waals surface area contributed by atoms with Crippen LogP contribution in [0.25, 0.3) is 0 Å². The summed E-state index contributed by atoms with van der Waals surface area (Å²) in [5.74, 6) is 0. The van der Waals surface area contributed by atoms with Gasteiger partial charge in [-0.1, -0.05) is 18.5 Å². The van der Waals surface area contributed by atoms with E-state index in [-0.39, 0.29) is 6.04 Å². The molecule has 1 nitrogen and oxygen atoms in total. The highest BCUT2D eigenvalue weighted by Gasteiger charge is 2.18. The van der Waals surface area contributed by atoms with Crippen molar-refractivity contribution in [1.29, 1.82) is 0 Å². The van der Waals surface area contributed by atoms with E-state index < -0.39 is 0 Å². The highest BCUT2D eigenvalue weighted by atomic mass is 79.9. The van der Waals surface area contributed by atoms with Crippen LogP contribution < -0.4 is 5.32 Å². The van der Waals surface area contributed by atoms with Gasteiger partial charge in [0.05, 0.1) is 18.6 Å². The third-order valence-electron chi connectivity index (χ3n) is 2.47. The van der Waals surface area contributed by atoms with E-state index in [2.05, 4.69) is 55.5 Å². The maximum Gasteiger partial charge on any atom is 0.0888 e. The summed E-state index contributed by atoms with van der Waals surface area (Å²) in [6, 6.07) is 4.43. The quantitative estimate of drug-likeness (QED) is 0.608. The number of halogens is 3. The largest absolute Gasteiger partial charge is 0.306 e. The molecule has 6 heteroatoms. The monoisotopic (exact) mass is 427 g/mol. The Balaban J connectivity index is 2.30. The van der Waals surface area contributed by atoms with Gasteiger partial charge in [-0.2, -0.15) is 0 Å². The van der Waals surface area contributed by atoms with Gasteiger partial charge in [-0.05, 0) is 67.9 Å². The number of hydrogen-bond acceptors (Lipinski definition) is 3. The van der Waals surface area contributed by atoms with E-state index in [4.69, 9.17) is 11.6 Å². The van der Waals surface area contributed by atoms with Gasteiger partial charge in [0, 0.05) is 4.88 Å². The first-order chi connectivity index (χ1) is 8.61. The summed E-state index contributed by atoms with van der Waals surface area (Å²) in [4.78, 5) is 1.24. The Morgan fingerprint density at radius 1 is 1.39 bits per heavy atom. The average Bonchev–Trinajstić information content (AvgIpc) is 2.88. The number of thiophene rings is 2. The lowest BCUT2D eigenvalue weighted by Crippen LogP contribution is -2.21. The van der Waals surface area contributed by atoms with Crippen molar-refractivity contribution in [2.24, 2.45) is 0 Å². The molecule has 0 amide bonds. The zero-order valence-corrected chi connectivity index (χ0v) is 15.2. The summed E-state index contributed by atoms with van der Waals surface area (Å²) < 4.78 is 2.15. The Bertz CT molecular complexity index is 504. The third kappa shape index (κ3) is 3.58. The Morgan fingerprint density at radius 3 is 2.67 bits per heavy atom. The predicted octanol–water partition coefficient (Wildman–Crippen LogP) is 6.08. The van der Waals surface area contributed by atoms with E-state index >= 15 is 0 Å². The topological polar surface area (TPSA) is 12.0 Å². The van der Waals surface area contributed by atoms with Crippen LogP contribution in [0.2, 0.25) is 5.02 Å². The van der Waals surface area contributed by atoms with Crippen molar-refractivity contribution in [1.82, 2.24) is 5.32 Å². The SMILES string of the molecule is CCCNC(c1csc(Br)c1)c1cc(Cl)c(Br)s1. The Labute approximate surface area is 137 Å². The second-order valence-electron chi connectivity index (χ2n) is 3.84. The molecule has 98 valence electrons. The smallest absolute Gasteiger partial charge is 0.0888 e. The molecule has 0 fully saturated rings. The molecular weight excluding hydrogens is 418 g/mol. The molecule has 1 unspecified atom stereocenters. The summed E-state index contributed by atoms with van der Waals surface area (Å²) in [7, 11) is 0. The fraction of sp³-hybridized carbons (Fsp3) is 0.333. The van der Waals surface area contributed by atoms with Crippen molar-refractivity contribution < 1.29 is 0 Å². The minimum Gasteiger partial charge on any atom is -0.306 e. The molecule has 0 aromatic carbocycles. The van der Waals surface area contributed by atoms with Crippen molar-refractivity contribution >= 4 is 66.1 Å². The van der Waals surface area contributed by atoms with Crippen LogP contribution in [0.4, 0.5) is 0 Å². The Morgan fingerprint density at radius 2 is 2.17 bits per heavy atom. The molecule has 2 rings (SSSR count). The van der Waals surface area contributed by atoms with Crippen LogP contribution in [-0.2, 0) is 0 Å². The molecule has 1 atom stereocenters. The second-order valence-corrected chi connectivity index (χ2v) is 8.94. The highest BCUT2D eigenvalue weighted by molar-refractivity contribution is 9.11. The van der Waals surface area contributed by atoms with Gasteiger partial charge in [0.25, 0.3) is 0 Å². The van der Waals surface area contributed by atoms with Gasteiger partial charge in [-0.25, -0.2) is 0 Å². The highest BCUT2D eigenvalue weighted by Crippen LogP contribution is 2.38. The van der Waals surface area contributed by atoms with E-state index in [0.717, 1.165) is 25.6 Å². The summed E-state index contributed by atoms with van der Waals surface area (Å²) in [6.45, 7) is 3.16. The predicted molar refractivity (Wildman–Crippen MR) is 89.2 cm³/mol. The minimum atomic E-state index is 0.223. The number of hydrogen-bond donors (Lipinski definition) is 1.